The highest BCUT2D eigenvalue weighted by molar-refractivity contribution is 6.37. The molecule has 0 saturated carbocycles. The van der Waals surface area contributed by atoms with Gasteiger partial charge in [0.05, 0.1) is 30.5 Å². The molecule has 1 aliphatic heterocycles. The molecule has 0 bridgehead atoms. The number of likely N-dealkylation sites (N-methyl/N-ethyl adjacent to an activating group) is 1. The van der Waals surface area contributed by atoms with Gasteiger partial charge in [0, 0.05) is 54.6 Å². The van der Waals surface area contributed by atoms with E-state index >= 15 is 0 Å². The smallest absolute Gasteiger partial charge is 0.141 e. The third-order valence-electron chi connectivity index (χ3n) is 6.54. The van der Waals surface area contributed by atoms with Crippen molar-refractivity contribution in [2.24, 2.45) is 0 Å². The molecule has 1 fully saturated rings. The van der Waals surface area contributed by atoms with Gasteiger partial charge in [-0.3, -0.25) is 0 Å². The zero-order chi connectivity index (χ0) is 25.2. The maximum absolute atomic E-state index is 6.47. The van der Waals surface area contributed by atoms with Gasteiger partial charge in [0.25, 0.3) is 0 Å². The van der Waals surface area contributed by atoms with Crippen molar-refractivity contribution in [2.45, 2.75) is 6.61 Å². The fraction of sp³-hybridized carbons (Fsp3) is 0.296. The number of hydrogen-bond donors (Lipinski definition) is 1. The highest BCUT2D eigenvalue weighted by atomic mass is 35.5. The van der Waals surface area contributed by atoms with Crippen LogP contribution in [0.2, 0.25) is 10.0 Å². The molecule has 36 heavy (non-hydrogen) atoms. The lowest BCUT2D eigenvalue weighted by Crippen LogP contribution is -2.44. The van der Waals surface area contributed by atoms with Gasteiger partial charge in [-0.1, -0.05) is 35.3 Å². The number of aromatic amines is 1. The van der Waals surface area contributed by atoms with Crippen LogP contribution in [0.5, 0.6) is 17.2 Å². The minimum Gasteiger partial charge on any atom is -0.495 e. The number of nitrogens with one attached hydrogen (secondary N) is 1. The summed E-state index contributed by atoms with van der Waals surface area (Å²) in [5.74, 6) is 1.55. The molecule has 0 amide bonds. The van der Waals surface area contributed by atoms with E-state index in [1.807, 2.05) is 6.07 Å². The molecule has 0 unspecified atom stereocenters. The second-order valence-corrected chi connectivity index (χ2v) is 9.56. The monoisotopic (exact) mass is 526 g/mol. The molecule has 3 heterocycles. The van der Waals surface area contributed by atoms with Gasteiger partial charge in [-0.15, -0.1) is 0 Å². The first kappa shape index (κ1) is 24.6. The molecule has 1 N–H and O–H groups in total. The van der Waals surface area contributed by atoms with Gasteiger partial charge >= 0.3 is 0 Å². The van der Waals surface area contributed by atoms with E-state index < -0.39 is 0 Å². The maximum atomic E-state index is 6.47. The van der Waals surface area contributed by atoms with E-state index in [2.05, 4.69) is 57.1 Å². The van der Waals surface area contributed by atoms with Crippen molar-refractivity contribution < 1.29 is 14.2 Å². The standard InChI is InChI=1S/C27H28Cl2N4O3/c1-32-8-10-33(11-9-32)19-6-4-17(5-7-19)22-13-18-12-20(15-30-27(18)31-22)36-16-21-25(28)23(34-2)14-24(35-3)26(21)29/h4-7,12-15H,8-11,16H2,1-3H3,(H,30,31). The van der Waals surface area contributed by atoms with Crippen LogP contribution >= 0.6 is 23.2 Å². The van der Waals surface area contributed by atoms with Gasteiger partial charge in [0.2, 0.25) is 0 Å². The van der Waals surface area contributed by atoms with E-state index in [0.717, 1.165) is 48.5 Å². The van der Waals surface area contributed by atoms with Crippen molar-refractivity contribution in [3.63, 3.8) is 0 Å². The average Bonchev–Trinajstić information content (AvgIpc) is 3.33. The van der Waals surface area contributed by atoms with Crippen molar-refractivity contribution in [3.8, 4) is 28.5 Å². The predicted molar refractivity (Wildman–Crippen MR) is 145 cm³/mol. The number of rotatable bonds is 7. The molecule has 188 valence electrons. The summed E-state index contributed by atoms with van der Waals surface area (Å²) in [5, 5.41) is 1.73. The zero-order valence-corrected chi connectivity index (χ0v) is 22.0. The molecule has 5 rings (SSSR count). The van der Waals surface area contributed by atoms with E-state index in [4.69, 9.17) is 37.4 Å². The molecule has 2 aromatic heterocycles. The topological polar surface area (TPSA) is 62.9 Å². The number of benzene rings is 2. The van der Waals surface area contributed by atoms with Gasteiger partial charge in [0.1, 0.15) is 29.5 Å². The Labute approximate surface area is 220 Å². The highest BCUT2D eigenvalue weighted by Gasteiger charge is 2.18. The van der Waals surface area contributed by atoms with Crippen molar-refractivity contribution in [1.29, 1.82) is 0 Å². The number of nitrogens with zero attached hydrogens (tertiary/aromatic N) is 3. The Balaban J connectivity index is 1.33. The summed E-state index contributed by atoms with van der Waals surface area (Å²) < 4.78 is 16.7. The largest absolute Gasteiger partial charge is 0.495 e. The van der Waals surface area contributed by atoms with Gasteiger partial charge in [-0.05, 0) is 36.9 Å². The van der Waals surface area contributed by atoms with Crippen molar-refractivity contribution in [2.75, 3.05) is 52.3 Å². The van der Waals surface area contributed by atoms with Crippen LogP contribution in [0.1, 0.15) is 5.56 Å². The first-order valence-electron chi connectivity index (χ1n) is 11.7. The summed E-state index contributed by atoms with van der Waals surface area (Å²) in [6.07, 6.45) is 1.68. The molecule has 0 aliphatic carbocycles. The van der Waals surface area contributed by atoms with E-state index in [-0.39, 0.29) is 6.61 Å². The maximum Gasteiger partial charge on any atom is 0.141 e. The van der Waals surface area contributed by atoms with Crippen LogP contribution in [0.25, 0.3) is 22.3 Å². The lowest BCUT2D eigenvalue weighted by atomic mass is 10.1. The number of pyridine rings is 1. The minimum absolute atomic E-state index is 0.142. The van der Waals surface area contributed by atoms with Crippen LogP contribution in [0.15, 0.2) is 48.7 Å². The molecule has 7 nitrogen and oxygen atoms in total. The van der Waals surface area contributed by atoms with Crippen molar-refractivity contribution in [3.05, 3.63) is 64.3 Å². The SMILES string of the molecule is COc1cc(OC)c(Cl)c(COc2cnc3[nH]c(-c4ccc(N5CCN(C)CC5)cc4)cc3c2)c1Cl. The van der Waals surface area contributed by atoms with Crippen LogP contribution in [0.3, 0.4) is 0 Å². The number of hydrogen-bond acceptors (Lipinski definition) is 6. The van der Waals surface area contributed by atoms with E-state index in [9.17, 15) is 0 Å². The number of fused-ring (bicyclic) bond motifs is 1. The third kappa shape index (κ3) is 4.91. The minimum atomic E-state index is 0.142. The molecule has 0 atom stereocenters. The number of methoxy groups -OCH3 is 2. The Morgan fingerprint density at radius 3 is 2.22 bits per heavy atom. The number of aromatic nitrogens is 2. The van der Waals surface area contributed by atoms with Gasteiger partial charge in [-0.25, -0.2) is 4.98 Å². The second kappa shape index (κ2) is 10.5. The number of ether oxygens (including phenoxy) is 3. The number of H-pyrrole nitrogens is 1. The van der Waals surface area contributed by atoms with E-state index in [0.29, 0.717) is 32.9 Å². The Kier molecular flexibility index (Phi) is 7.14. The van der Waals surface area contributed by atoms with Gasteiger partial charge in [-0.2, -0.15) is 0 Å². The molecule has 0 spiro atoms. The lowest BCUT2D eigenvalue weighted by Gasteiger charge is -2.34. The second-order valence-electron chi connectivity index (χ2n) is 8.81. The summed E-state index contributed by atoms with van der Waals surface area (Å²) in [5.41, 5.74) is 4.74. The summed E-state index contributed by atoms with van der Waals surface area (Å²) in [6.45, 7) is 4.42. The molecule has 1 aliphatic rings. The number of halogens is 2. The molecular weight excluding hydrogens is 499 g/mol. The number of anilines is 1. The Morgan fingerprint density at radius 1 is 0.917 bits per heavy atom. The fourth-order valence-corrected chi connectivity index (χ4v) is 4.97. The average molecular weight is 527 g/mol. The zero-order valence-electron chi connectivity index (χ0n) is 20.5. The normalized spacial score (nSPS) is 14.3. The summed E-state index contributed by atoms with van der Waals surface area (Å²) in [6, 6.07) is 14.3. The van der Waals surface area contributed by atoms with Crippen LogP contribution in [-0.2, 0) is 6.61 Å². The fourth-order valence-electron chi connectivity index (χ4n) is 4.36. The van der Waals surface area contributed by atoms with Gasteiger partial charge in [0.15, 0.2) is 0 Å². The van der Waals surface area contributed by atoms with Crippen LogP contribution < -0.4 is 19.1 Å². The number of piperazine rings is 1. The molecule has 4 aromatic rings. The van der Waals surface area contributed by atoms with Crippen LogP contribution in [0, 0.1) is 0 Å². The molecule has 9 heteroatoms. The van der Waals surface area contributed by atoms with Crippen LogP contribution in [-0.4, -0.2) is 62.3 Å². The van der Waals surface area contributed by atoms with Crippen LogP contribution in [0.4, 0.5) is 5.69 Å². The first-order chi connectivity index (χ1) is 17.5. The van der Waals surface area contributed by atoms with Crippen molar-refractivity contribution in [1.82, 2.24) is 14.9 Å². The summed E-state index contributed by atoms with van der Waals surface area (Å²) >= 11 is 12.9. The molecule has 2 aromatic carbocycles. The Bertz CT molecular complexity index is 1340. The quantitative estimate of drug-likeness (QED) is 0.324. The predicted octanol–water partition coefficient (Wildman–Crippen LogP) is 5.88. The highest BCUT2D eigenvalue weighted by Crippen LogP contribution is 2.41. The lowest BCUT2D eigenvalue weighted by molar-refractivity contribution is 0.303. The third-order valence-corrected chi connectivity index (χ3v) is 7.37. The van der Waals surface area contributed by atoms with E-state index in [1.165, 1.54) is 5.69 Å². The Hall–Kier alpha value is -3.13. The van der Waals surface area contributed by atoms with Gasteiger partial charge < -0.3 is 29.0 Å². The summed E-state index contributed by atoms with van der Waals surface area (Å²) in [7, 11) is 5.25. The molecule has 1 saturated heterocycles. The Morgan fingerprint density at radius 2 is 1.58 bits per heavy atom. The molecule has 0 radical (unpaired) electrons. The molecular formula is C27H28Cl2N4O3. The van der Waals surface area contributed by atoms with Crippen molar-refractivity contribution >= 4 is 39.9 Å². The summed E-state index contributed by atoms with van der Waals surface area (Å²) in [4.78, 5) is 12.7. The van der Waals surface area contributed by atoms with E-state index in [1.54, 1.807) is 26.5 Å². The first-order valence-corrected chi connectivity index (χ1v) is 12.5.